The van der Waals surface area contributed by atoms with Gasteiger partial charge in [0.25, 0.3) is 5.91 Å². The summed E-state index contributed by atoms with van der Waals surface area (Å²) in [6.07, 6.45) is 0.0565. The summed E-state index contributed by atoms with van der Waals surface area (Å²) in [5.41, 5.74) is 0.865. The zero-order valence-corrected chi connectivity index (χ0v) is 12.9. The minimum Gasteiger partial charge on any atom is -0.482 e. The number of carbonyl (C=O) groups excluding carboxylic acids is 3. The van der Waals surface area contributed by atoms with Crippen LogP contribution in [-0.2, 0) is 9.59 Å². The number of carbonyl (C=O) groups is 3. The van der Waals surface area contributed by atoms with Crippen LogP contribution < -0.4 is 15.4 Å². The number of nitrogens with one attached hydrogen (secondary N) is 2. The number of benzene rings is 1. The third-order valence-electron chi connectivity index (χ3n) is 3.41. The van der Waals surface area contributed by atoms with E-state index in [4.69, 9.17) is 9.26 Å². The third kappa shape index (κ3) is 3.60. The van der Waals surface area contributed by atoms with Gasteiger partial charge in [-0.3, -0.25) is 14.4 Å². The molecule has 0 atom stereocenters. The van der Waals surface area contributed by atoms with E-state index in [1.807, 2.05) is 0 Å². The highest BCUT2D eigenvalue weighted by Gasteiger charge is 2.18. The summed E-state index contributed by atoms with van der Waals surface area (Å²) in [5.74, 6) is 0.619. The number of fused-ring (bicyclic) bond motifs is 1. The van der Waals surface area contributed by atoms with Crippen LogP contribution in [0.1, 0.15) is 29.0 Å². The third-order valence-corrected chi connectivity index (χ3v) is 3.41. The van der Waals surface area contributed by atoms with E-state index in [0.717, 1.165) is 0 Å². The van der Waals surface area contributed by atoms with Gasteiger partial charge in [-0.05, 0) is 25.1 Å². The van der Waals surface area contributed by atoms with Gasteiger partial charge in [0.2, 0.25) is 5.91 Å². The molecule has 0 saturated heterocycles. The van der Waals surface area contributed by atoms with Crippen molar-refractivity contribution in [3.05, 3.63) is 35.6 Å². The van der Waals surface area contributed by atoms with Crippen molar-refractivity contribution in [2.45, 2.75) is 19.8 Å². The van der Waals surface area contributed by atoms with Crippen molar-refractivity contribution in [1.82, 2.24) is 5.16 Å². The Labute approximate surface area is 137 Å². The van der Waals surface area contributed by atoms with Crippen molar-refractivity contribution in [2.24, 2.45) is 0 Å². The second-order valence-electron chi connectivity index (χ2n) is 5.34. The number of Topliss-reactive ketones (excluding diaryl/α,β-unsaturated/α-hetero) is 1. The molecule has 8 heteroatoms. The molecule has 0 fully saturated rings. The number of amides is 2. The van der Waals surface area contributed by atoms with Crippen LogP contribution in [0.4, 0.5) is 11.5 Å². The molecule has 3 rings (SSSR count). The Morgan fingerprint density at radius 1 is 1.29 bits per heavy atom. The maximum atomic E-state index is 12.2. The highest BCUT2D eigenvalue weighted by Crippen LogP contribution is 2.28. The van der Waals surface area contributed by atoms with Gasteiger partial charge in [-0.15, -0.1) is 0 Å². The summed E-state index contributed by atoms with van der Waals surface area (Å²) < 4.78 is 10.1. The van der Waals surface area contributed by atoms with Crippen LogP contribution in [0, 0.1) is 6.92 Å². The Kier molecular flexibility index (Phi) is 4.28. The summed E-state index contributed by atoms with van der Waals surface area (Å²) in [7, 11) is 0. The zero-order valence-electron chi connectivity index (χ0n) is 12.9. The lowest BCUT2D eigenvalue weighted by Crippen LogP contribution is -2.25. The van der Waals surface area contributed by atoms with Gasteiger partial charge in [-0.25, -0.2) is 0 Å². The van der Waals surface area contributed by atoms with Crippen LogP contribution >= 0.6 is 0 Å². The lowest BCUT2D eigenvalue weighted by atomic mass is 10.0. The molecule has 8 nitrogen and oxygen atoms in total. The van der Waals surface area contributed by atoms with Crippen molar-refractivity contribution in [1.29, 1.82) is 0 Å². The van der Waals surface area contributed by atoms with E-state index in [0.29, 0.717) is 28.6 Å². The predicted molar refractivity (Wildman–Crippen MR) is 84.0 cm³/mol. The second-order valence-corrected chi connectivity index (χ2v) is 5.34. The molecular formula is C16H15N3O5. The molecular weight excluding hydrogens is 314 g/mol. The first-order chi connectivity index (χ1) is 11.5. The molecule has 2 aromatic rings. The molecule has 0 saturated carbocycles. The van der Waals surface area contributed by atoms with Crippen molar-refractivity contribution < 1.29 is 23.6 Å². The number of nitrogens with zero attached hydrogens (tertiary/aromatic N) is 1. The number of rotatable bonds is 5. The van der Waals surface area contributed by atoms with Crippen molar-refractivity contribution in [3.63, 3.8) is 0 Å². The minimum atomic E-state index is -0.328. The highest BCUT2D eigenvalue weighted by atomic mass is 16.5. The number of hydrogen-bond donors (Lipinski definition) is 2. The first-order valence-electron chi connectivity index (χ1n) is 7.34. The summed E-state index contributed by atoms with van der Waals surface area (Å²) >= 11 is 0. The van der Waals surface area contributed by atoms with Gasteiger partial charge in [0.1, 0.15) is 11.5 Å². The van der Waals surface area contributed by atoms with E-state index < -0.39 is 0 Å². The zero-order chi connectivity index (χ0) is 17.1. The lowest BCUT2D eigenvalue weighted by molar-refractivity contribution is -0.118. The summed E-state index contributed by atoms with van der Waals surface area (Å²) in [6.45, 7) is 1.67. The first kappa shape index (κ1) is 15.7. The Balaban J connectivity index is 1.58. The van der Waals surface area contributed by atoms with Gasteiger partial charge in [-0.1, -0.05) is 5.16 Å². The molecule has 0 radical (unpaired) electrons. The number of aromatic nitrogens is 1. The number of ether oxygens (including phenoxy) is 1. The van der Waals surface area contributed by atoms with Gasteiger partial charge in [0.15, 0.2) is 18.2 Å². The molecule has 2 amide bonds. The molecule has 0 unspecified atom stereocenters. The SMILES string of the molecule is Cc1cc(NC(=O)CCC(=O)c2ccc3c(c2)NC(=O)CO3)no1. The smallest absolute Gasteiger partial charge is 0.262 e. The number of anilines is 2. The second kappa shape index (κ2) is 6.53. The van der Waals surface area contributed by atoms with Gasteiger partial charge >= 0.3 is 0 Å². The van der Waals surface area contributed by atoms with Crippen molar-refractivity contribution >= 4 is 29.1 Å². The Morgan fingerprint density at radius 2 is 2.12 bits per heavy atom. The first-order valence-corrected chi connectivity index (χ1v) is 7.34. The van der Waals surface area contributed by atoms with E-state index >= 15 is 0 Å². The monoisotopic (exact) mass is 329 g/mol. The largest absolute Gasteiger partial charge is 0.482 e. The van der Waals surface area contributed by atoms with E-state index in [9.17, 15) is 14.4 Å². The highest BCUT2D eigenvalue weighted by molar-refractivity contribution is 6.02. The maximum Gasteiger partial charge on any atom is 0.262 e. The molecule has 1 aliphatic rings. The van der Waals surface area contributed by atoms with E-state index in [1.54, 1.807) is 31.2 Å². The minimum absolute atomic E-state index is 0.0185. The molecule has 0 aliphatic carbocycles. The summed E-state index contributed by atoms with van der Waals surface area (Å²) in [4.78, 5) is 35.3. The topological polar surface area (TPSA) is 111 Å². The quantitative estimate of drug-likeness (QED) is 0.811. The van der Waals surface area contributed by atoms with Crippen molar-refractivity contribution in [3.8, 4) is 5.75 Å². The molecule has 124 valence electrons. The van der Waals surface area contributed by atoms with Gasteiger partial charge in [0, 0.05) is 24.5 Å². The molecule has 0 spiro atoms. The van der Waals surface area contributed by atoms with Crippen LogP contribution in [0.25, 0.3) is 0 Å². The average Bonchev–Trinajstić information content (AvgIpc) is 2.96. The molecule has 1 aromatic heterocycles. The molecule has 2 heterocycles. The normalized spacial score (nSPS) is 12.8. The Bertz CT molecular complexity index is 812. The van der Waals surface area contributed by atoms with Crippen LogP contribution in [0.2, 0.25) is 0 Å². The number of aryl methyl sites for hydroxylation is 1. The molecule has 24 heavy (non-hydrogen) atoms. The van der Waals surface area contributed by atoms with Crippen molar-refractivity contribution in [2.75, 3.05) is 17.2 Å². The van der Waals surface area contributed by atoms with Crippen LogP contribution in [0.15, 0.2) is 28.8 Å². The molecule has 2 N–H and O–H groups in total. The van der Waals surface area contributed by atoms with Gasteiger partial charge < -0.3 is 19.9 Å². The average molecular weight is 329 g/mol. The number of ketones is 1. The summed E-state index contributed by atoms with van der Waals surface area (Å²) in [5, 5.41) is 8.84. The molecule has 0 bridgehead atoms. The summed E-state index contributed by atoms with van der Waals surface area (Å²) in [6, 6.07) is 6.37. The fourth-order valence-electron chi connectivity index (χ4n) is 2.26. The Morgan fingerprint density at radius 3 is 2.88 bits per heavy atom. The lowest BCUT2D eigenvalue weighted by Gasteiger charge is -2.18. The Hall–Kier alpha value is -3.16. The molecule has 1 aliphatic heterocycles. The van der Waals surface area contributed by atoms with E-state index in [-0.39, 0.29) is 37.0 Å². The standard InChI is InChI=1S/C16H15N3O5/c1-9-6-14(19-24-9)18-15(21)5-3-12(20)10-2-4-13-11(7-10)17-16(22)8-23-13/h2,4,6-7H,3,5,8H2,1H3,(H,17,22)(H,18,19,21). The van der Waals surface area contributed by atoms with Crippen LogP contribution in [0.3, 0.4) is 0 Å². The van der Waals surface area contributed by atoms with E-state index in [2.05, 4.69) is 15.8 Å². The van der Waals surface area contributed by atoms with Crippen LogP contribution in [0.5, 0.6) is 5.75 Å². The van der Waals surface area contributed by atoms with Gasteiger partial charge in [-0.2, -0.15) is 0 Å². The fourth-order valence-corrected chi connectivity index (χ4v) is 2.26. The van der Waals surface area contributed by atoms with Gasteiger partial charge in [0.05, 0.1) is 5.69 Å². The molecule has 1 aromatic carbocycles. The van der Waals surface area contributed by atoms with Crippen LogP contribution in [-0.4, -0.2) is 29.4 Å². The maximum absolute atomic E-state index is 12.2. The van der Waals surface area contributed by atoms with E-state index in [1.165, 1.54) is 0 Å². The number of hydrogen-bond acceptors (Lipinski definition) is 6. The predicted octanol–water partition coefficient (Wildman–Crippen LogP) is 1.92. The fraction of sp³-hybridized carbons (Fsp3) is 0.250.